The van der Waals surface area contributed by atoms with Crippen LogP contribution in [-0.4, -0.2) is 11.1 Å². The summed E-state index contributed by atoms with van der Waals surface area (Å²) in [5.41, 5.74) is 0.855. The average Bonchev–Trinajstić information content (AvgIpc) is 2.29. The molecule has 1 aromatic heterocycles. The van der Waals surface area contributed by atoms with E-state index in [2.05, 4.69) is 0 Å². The maximum Gasteiger partial charge on any atom is 0.311 e. The Balaban J connectivity index is 2.82. The molecule has 0 atom stereocenters. The van der Waals surface area contributed by atoms with Crippen molar-refractivity contribution in [2.24, 2.45) is 0 Å². The highest BCUT2D eigenvalue weighted by molar-refractivity contribution is 6.17. The van der Waals surface area contributed by atoms with E-state index in [0.717, 1.165) is 5.56 Å². The number of rotatable bonds is 3. The average molecular weight is 189 g/mol. The molecule has 0 spiro atoms. The molecule has 1 heterocycles. The molecule has 1 rings (SSSR count). The van der Waals surface area contributed by atoms with Crippen molar-refractivity contribution in [1.82, 2.24) is 0 Å². The molecule has 1 N–H and O–H groups in total. The molecule has 0 aliphatic heterocycles. The van der Waals surface area contributed by atoms with Crippen LogP contribution < -0.4 is 0 Å². The van der Waals surface area contributed by atoms with Gasteiger partial charge in [-0.2, -0.15) is 0 Å². The van der Waals surface area contributed by atoms with Gasteiger partial charge in [-0.1, -0.05) is 0 Å². The van der Waals surface area contributed by atoms with Gasteiger partial charge in [-0.25, -0.2) is 0 Å². The van der Waals surface area contributed by atoms with Crippen LogP contribution in [0.15, 0.2) is 10.5 Å². The van der Waals surface area contributed by atoms with Gasteiger partial charge in [-0.05, 0) is 13.0 Å². The van der Waals surface area contributed by atoms with E-state index in [4.69, 9.17) is 21.1 Å². The lowest BCUT2D eigenvalue weighted by Crippen LogP contribution is -1.97. The van der Waals surface area contributed by atoms with Gasteiger partial charge in [0.2, 0.25) is 0 Å². The van der Waals surface area contributed by atoms with Crippen LogP contribution in [0.25, 0.3) is 0 Å². The number of carbonyl (C=O) groups is 1. The Morgan fingerprint density at radius 3 is 2.83 bits per heavy atom. The summed E-state index contributed by atoms with van der Waals surface area (Å²) in [5.74, 6) is 0.608. The first kappa shape index (κ1) is 9.13. The molecule has 0 aliphatic rings. The maximum absolute atomic E-state index is 10.3. The molecule has 4 heteroatoms. The van der Waals surface area contributed by atoms with Gasteiger partial charge in [0.1, 0.15) is 17.9 Å². The van der Waals surface area contributed by atoms with Crippen molar-refractivity contribution in [3.63, 3.8) is 0 Å². The number of carboxylic acid groups (broad SMARTS) is 1. The Morgan fingerprint density at radius 1 is 1.75 bits per heavy atom. The predicted molar refractivity (Wildman–Crippen MR) is 44.3 cm³/mol. The summed E-state index contributed by atoms with van der Waals surface area (Å²) in [6.45, 7) is 1.77. The van der Waals surface area contributed by atoms with E-state index in [1.807, 2.05) is 0 Å². The molecule has 1 aromatic rings. The van der Waals surface area contributed by atoms with Crippen molar-refractivity contribution in [1.29, 1.82) is 0 Å². The van der Waals surface area contributed by atoms with E-state index >= 15 is 0 Å². The van der Waals surface area contributed by atoms with Gasteiger partial charge < -0.3 is 9.52 Å². The summed E-state index contributed by atoms with van der Waals surface area (Å²) in [6, 6.07) is 1.68. The smallest absolute Gasteiger partial charge is 0.311 e. The molecule has 0 saturated carbocycles. The monoisotopic (exact) mass is 188 g/mol. The van der Waals surface area contributed by atoms with E-state index in [1.54, 1.807) is 13.0 Å². The summed E-state index contributed by atoms with van der Waals surface area (Å²) < 4.78 is 5.15. The second-order valence-electron chi connectivity index (χ2n) is 2.50. The van der Waals surface area contributed by atoms with Crippen molar-refractivity contribution in [2.45, 2.75) is 19.2 Å². The van der Waals surface area contributed by atoms with E-state index < -0.39 is 5.97 Å². The van der Waals surface area contributed by atoms with Crippen molar-refractivity contribution in [2.75, 3.05) is 0 Å². The van der Waals surface area contributed by atoms with Crippen LogP contribution in [0.3, 0.4) is 0 Å². The lowest BCUT2D eigenvalue weighted by atomic mass is 10.2. The second-order valence-corrected chi connectivity index (χ2v) is 2.77. The Labute approximate surface area is 74.9 Å². The molecule has 66 valence electrons. The molecule has 3 nitrogen and oxygen atoms in total. The predicted octanol–water partition coefficient (Wildman–Crippen LogP) is 1.95. The Morgan fingerprint density at radius 2 is 2.42 bits per heavy atom. The number of alkyl halides is 1. The minimum absolute atomic E-state index is 0.0856. The largest absolute Gasteiger partial charge is 0.481 e. The lowest BCUT2D eigenvalue weighted by Gasteiger charge is -1.87. The first-order valence-electron chi connectivity index (χ1n) is 3.49. The van der Waals surface area contributed by atoms with Crippen molar-refractivity contribution in [3.8, 4) is 0 Å². The molecule has 0 aromatic carbocycles. The third-order valence-electron chi connectivity index (χ3n) is 1.54. The molecule has 0 amide bonds. The van der Waals surface area contributed by atoms with Gasteiger partial charge in [0, 0.05) is 5.56 Å². The number of aryl methyl sites for hydroxylation is 1. The van der Waals surface area contributed by atoms with Gasteiger partial charge in [0.25, 0.3) is 0 Å². The number of halogens is 1. The number of furan rings is 1. The molecule has 0 aliphatic carbocycles. The minimum atomic E-state index is -0.898. The van der Waals surface area contributed by atoms with Gasteiger partial charge in [-0.15, -0.1) is 11.6 Å². The second kappa shape index (κ2) is 3.63. The number of hydrogen-bond acceptors (Lipinski definition) is 2. The van der Waals surface area contributed by atoms with Crippen LogP contribution in [0, 0.1) is 6.92 Å². The topological polar surface area (TPSA) is 50.4 Å². The van der Waals surface area contributed by atoms with Crippen LogP contribution in [0.1, 0.15) is 17.1 Å². The first-order chi connectivity index (χ1) is 5.63. The van der Waals surface area contributed by atoms with Crippen LogP contribution in [0.2, 0.25) is 0 Å². The number of carboxylic acids is 1. The first-order valence-corrected chi connectivity index (χ1v) is 4.03. The Hall–Kier alpha value is -0.960. The summed E-state index contributed by atoms with van der Waals surface area (Å²) in [6.07, 6.45) is -0.0856. The SMILES string of the molecule is Cc1oc(CC(=O)O)cc1CCl. The Bertz CT molecular complexity index is 290. The molecule has 0 bridgehead atoms. The van der Waals surface area contributed by atoms with Crippen molar-refractivity contribution < 1.29 is 14.3 Å². The zero-order valence-electron chi connectivity index (χ0n) is 6.63. The number of hydrogen-bond donors (Lipinski definition) is 1. The van der Waals surface area contributed by atoms with Gasteiger partial charge in [-0.3, -0.25) is 4.79 Å². The third kappa shape index (κ3) is 2.01. The van der Waals surface area contributed by atoms with Crippen molar-refractivity contribution >= 4 is 17.6 Å². The molecular formula is C8H9ClO3. The molecular weight excluding hydrogens is 180 g/mol. The van der Waals surface area contributed by atoms with Crippen LogP contribution >= 0.6 is 11.6 Å². The zero-order chi connectivity index (χ0) is 9.14. The summed E-state index contributed by atoms with van der Waals surface area (Å²) >= 11 is 5.57. The van der Waals surface area contributed by atoms with Crippen LogP contribution in [0.5, 0.6) is 0 Å². The van der Waals surface area contributed by atoms with Gasteiger partial charge in [0.05, 0.1) is 5.88 Å². The highest BCUT2D eigenvalue weighted by Crippen LogP contribution is 2.16. The summed E-state index contributed by atoms with van der Waals surface area (Å²) in [7, 11) is 0. The summed E-state index contributed by atoms with van der Waals surface area (Å²) in [5, 5.41) is 8.45. The lowest BCUT2D eigenvalue weighted by molar-refractivity contribution is -0.136. The minimum Gasteiger partial charge on any atom is -0.481 e. The summed E-state index contributed by atoms with van der Waals surface area (Å²) in [4.78, 5) is 10.3. The zero-order valence-corrected chi connectivity index (χ0v) is 7.39. The van der Waals surface area contributed by atoms with E-state index in [9.17, 15) is 4.79 Å². The van der Waals surface area contributed by atoms with Gasteiger partial charge >= 0.3 is 5.97 Å². The van der Waals surface area contributed by atoms with Crippen LogP contribution in [0.4, 0.5) is 0 Å². The normalized spacial score (nSPS) is 10.2. The maximum atomic E-state index is 10.3. The molecule has 0 saturated heterocycles. The van der Waals surface area contributed by atoms with Crippen LogP contribution in [-0.2, 0) is 17.1 Å². The quantitative estimate of drug-likeness (QED) is 0.738. The van der Waals surface area contributed by atoms with E-state index in [-0.39, 0.29) is 6.42 Å². The fourth-order valence-electron chi connectivity index (χ4n) is 0.956. The Kier molecular flexibility index (Phi) is 2.76. The molecule has 0 fully saturated rings. The van der Waals surface area contributed by atoms with E-state index in [1.165, 1.54) is 0 Å². The molecule has 0 radical (unpaired) electrons. The highest BCUT2D eigenvalue weighted by atomic mass is 35.5. The fourth-order valence-corrected chi connectivity index (χ4v) is 1.22. The third-order valence-corrected chi connectivity index (χ3v) is 1.83. The molecule has 12 heavy (non-hydrogen) atoms. The molecule has 0 unspecified atom stereocenters. The fraction of sp³-hybridized carbons (Fsp3) is 0.375. The van der Waals surface area contributed by atoms with E-state index in [0.29, 0.717) is 17.4 Å². The highest BCUT2D eigenvalue weighted by Gasteiger charge is 2.08. The number of aliphatic carboxylic acids is 1. The standard InChI is InChI=1S/C8H9ClO3/c1-5-6(4-9)2-7(12-5)3-8(10)11/h2H,3-4H2,1H3,(H,10,11). The van der Waals surface area contributed by atoms with Gasteiger partial charge in [0.15, 0.2) is 0 Å². The van der Waals surface area contributed by atoms with Crippen molar-refractivity contribution in [3.05, 3.63) is 23.2 Å².